The molecule has 1 aromatic carbocycles. The number of thiophene rings is 1. The quantitative estimate of drug-likeness (QED) is 0.694. The predicted molar refractivity (Wildman–Crippen MR) is 83.2 cm³/mol. The highest BCUT2D eigenvalue weighted by Gasteiger charge is 2.20. The minimum atomic E-state index is 0.124. The van der Waals surface area contributed by atoms with Gasteiger partial charge in [0.05, 0.1) is 8.66 Å². The number of benzene rings is 1. The topological polar surface area (TPSA) is 17.1 Å². The molecular weight excluding hydrogens is 320 g/mol. The van der Waals surface area contributed by atoms with Crippen LogP contribution in [0.5, 0.6) is 0 Å². The van der Waals surface area contributed by atoms with Crippen LogP contribution in [0.25, 0.3) is 0 Å². The van der Waals surface area contributed by atoms with E-state index in [1.165, 1.54) is 36.2 Å². The second-order valence-electron chi connectivity index (χ2n) is 5.15. The zero-order valence-corrected chi connectivity index (χ0v) is 13.2. The van der Waals surface area contributed by atoms with Crippen molar-refractivity contribution < 1.29 is 4.79 Å². The van der Waals surface area contributed by atoms with Gasteiger partial charge < -0.3 is 0 Å². The van der Waals surface area contributed by atoms with Crippen molar-refractivity contribution in [2.45, 2.75) is 32.1 Å². The fourth-order valence-electron chi connectivity index (χ4n) is 2.36. The fourth-order valence-corrected chi connectivity index (χ4v) is 3.86. The van der Waals surface area contributed by atoms with Gasteiger partial charge in [0.25, 0.3) is 0 Å². The normalized spacial score (nSPS) is 15.3. The van der Waals surface area contributed by atoms with Crippen LogP contribution in [0.1, 0.15) is 51.5 Å². The maximum atomic E-state index is 12.4. The van der Waals surface area contributed by atoms with Crippen molar-refractivity contribution in [3.63, 3.8) is 0 Å². The van der Waals surface area contributed by atoms with Crippen LogP contribution in [0.15, 0.2) is 34.1 Å². The van der Waals surface area contributed by atoms with Crippen LogP contribution in [0, 0.1) is 6.92 Å². The van der Waals surface area contributed by atoms with E-state index in [9.17, 15) is 4.79 Å². The Bertz CT molecular complexity index is 589. The summed E-state index contributed by atoms with van der Waals surface area (Å²) in [6, 6.07) is 10.1. The molecule has 1 aliphatic carbocycles. The van der Waals surface area contributed by atoms with Gasteiger partial charge in [-0.1, -0.05) is 30.7 Å². The van der Waals surface area contributed by atoms with Crippen molar-refractivity contribution in [1.82, 2.24) is 0 Å². The summed E-state index contributed by atoms with van der Waals surface area (Å²) in [6.45, 7) is 2.01. The SMILES string of the molecule is Cc1cc(C(=O)c2ccc(C3CCC3)cc2)sc1Br. The molecule has 0 aliphatic heterocycles. The Labute approximate surface area is 125 Å². The summed E-state index contributed by atoms with van der Waals surface area (Å²) >= 11 is 4.98. The number of hydrogen-bond acceptors (Lipinski definition) is 2. The van der Waals surface area contributed by atoms with Crippen molar-refractivity contribution in [3.8, 4) is 0 Å². The zero-order chi connectivity index (χ0) is 13.4. The Morgan fingerprint density at radius 2 is 1.95 bits per heavy atom. The molecule has 0 radical (unpaired) electrons. The van der Waals surface area contributed by atoms with Crippen molar-refractivity contribution in [2.75, 3.05) is 0 Å². The highest BCUT2D eigenvalue weighted by Crippen LogP contribution is 2.36. The Morgan fingerprint density at radius 1 is 1.26 bits per heavy atom. The number of rotatable bonds is 3. The van der Waals surface area contributed by atoms with Crippen molar-refractivity contribution in [1.29, 1.82) is 0 Å². The maximum absolute atomic E-state index is 12.4. The van der Waals surface area contributed by atoms with Crippen LogP contribution in [-0.2, 0) is 0 Å². The van der Waals surface area contributed by atoms with Crippen LogP contribution in [0.3, 0.4) is 0 Å². The summed E-state index contributed by atoms with van der Waals surface area (Å²) in [7, 11) is 0. The molecular formula is C16H15BrOS. The number of aryl methyl sites for hydroxylation is 1. The van der Waals surface area contributed by atoms with Gasteiger partial charge in [-0.05, 0) is 58.8 Å². The fraction of sp³-hybridized carbons (Fsp3) is 0.312. The molecule has 0 N–H and O–H groups in total. The van der Waals surface area contributed by atoms with Gasteiger partial charge in [0.2, 0.25) is 5.78 Å². The molecule has 0 atom stereocenters. The first-order valence-electron chi connectivity index (χ1n) is 6.56. The molecule has 1 aromatic heterocycles. The molecule has 3 heteroatoms. The average molecular weight is 335 g/mol. The third kappa shape index (κ3) is 2.54. The van der Waals surface area contributed by atoms with E-state index in [1.807, 2.05) is 25.1 Å². The van der Waals surface area contributed by atoms with E-state index in [1.54, 1.807) is 0 Å². The Balaban J connectivity index is 1.83. The molecule has 2 aromatic rings. The van der Waals surface area contributed by atoms with E-state index in [2.05, 4.69) is 28.1 Å². The molecule has 0 spiro atoms. The first kappa shape index (κ1) is 13.1. The molecule has 0 saturated heterocycles. The third-order valence-electron chi connectivity index (χ3n) is 3.83. The molecule has 3 rings (SSSR count). The smallest absolute Gasteiger partial charge is 0.202 e. The average Bonchev–Trinajstić information content (AvgIpc) is 2.68. The molecule has 19 heavy (non-hydrogen) atoms. The van der Waals surface area contributed by atoms with Crippen molar-refractivity contribution >= 4 is 33.0 Å². The van der Waals surface area contributed by atoms with Crippen LogP contribution in [0.4, 0.5) is 0 Å². The second-order valence-corrected chi connectivity index (χ2v) is 7.52. The van der Waals surface area contributed by atoms with E-state index >= 15 is 0 Å². The standard InChI is InChI=1S/C16H15BrOS/c1-10-9-14(19-16(10)17)15(18)13-7-5-12(6-8-13)11-3-2-4-11/h5-9,11H,2-4H2,1H3. The third-order valence-corrected chi connectivity index (χ3v) is 5.97. The lowest BCUT2D eigenvalue weighted by molar-refractivity contribution is 0.104. The number of halogens is 1. The number of ketones is 1. The molecule has 1 fully saturated rings. The minimum absolute atomic E-state index is 0.124. The lowest BCUT2D eigenvalue weighted by Crippen LogP contribution is -2.09. The second kappa shape index (κ2) is 5.22. The van der Waals surface area contributed by atoms with Gasteiger partial charge in [-0.25, -0.2) is 0 Å². The zero-order valence-electron chi connectivity index (χ0n) is 10.8. The first-order chi connectivity index (χ1) is 9.15. The number of carbonyl (C=O) groups is 1. The van der Waals surface area contributed by atoms with E-state index in [4.69, 9.17) is 0 Å². The van der Waals surface area contributed by atoms with E-state index < -0.39 is 0 Å². The lowest BCUT2D eigenvalue weighted by atomic mass is 9.80. The molecule has 1 heterocycles. The van der Waals surface area contributed by atoms with E-state index in [0.717, 1.165) is 25.7 Å². The van der Waals surface area contributed by atoms with Gasteiger partial charge in [-0.15, -0.1) is 11.3 Å². The highest BCUT2D eigenvalue weighted by molar-refractivity contribution is 9.11. The summed E-state index contributed by atoms with van der Waals surface area (Å²) in [5.74, 6) is 0.848. The summed E-state index contributed by atoms with van der Waals surface area (Å²) in [5, 5.41) is 0. The van der Waals surface area contributed by atoms with Gasteiger partial charge in [-0.2, -0.15) is 0 Å². The molecule has 1 aliphatic rings. The molecule has 0 bridgehead atoms. The minimum Gasteiger partial charge on any atom is -0.288 e. The molecule has 98 valence electrons. The summed E-state index contributed by atoms with van der Waals surface area (Å²) in [4.78, 5) is 13.2. The number of hydrogen-bond donors (Lipinski definition) is 0. The van der Waals surface area contributed by atoms with E-state index in [0.29, 0.717) is 0 Å². The maximum Gasteiger partial charge on any atom is 0.202 e. The van der Waals surface area contributed by atoms with Crippen molar-refractivity contribution in [3.05, 3.63) is 55.7 Å². The lowest BCUT2D eigenvalue weighted by Gasteiger charge is -2.25. The molecule has 0 unspecified atom stereocenters. The Kier molecular flexibility index (Phi) is 3.59. The van der Waals surface area contributed by atoms with Gasteiger partial charge in [0.1, 0.15) is 0 Å². The van der Waals surface area contributed by atoms with Crippen LogP contribution in [0.2, 0.25) is 0 Å². The summed E-state index contributed by atoms with van der Waals surface area (Å²) in [5.41, 5.74) is 3.29. The molecule has 0 amide bonds. The van der Waals surface area contributed by atoms with Crippen LogP contribution < -0.4 is 0 Å². The van der Waals surface area contributed by atoms with Gasteiger partial charge >= 0.3 is 0 Å². The van der Waals surface area contributed by atoms with Crippen LogP contribution >= 0.6 is 27.3 Å². The largest absolute Gasteiger partial charge is 0.288 e. The first-order valence-corrected chi connectivity index (χ1v) is 8.16. The Hall–Kier alpha value is -0.930. The summed E-state index contributed by atoms with van der Waals surface area (Å²) in [6.07, 6.45) is 3.93. The Morgan fingerprint density at radius 3 is 2.42 bits per heavy atom. The summed E-state index contributed by atoms with van der Waals surface area (Å²) < 4.78 is 1.04. The molecule has 1 saturated carbocycles. The van der Waals surface area contributed by atoms with Gasteiger partial charge in [0.15, 0.2) is 0 Å². The number of carbonyl (C=O) groups excluding carboxylic acids is 1. The van der Waals surface area contributed by atoms with Crippen molar-refractivity contribution in [2.24, 2.45) is 0 Å². The van der Waals surface area contributed by atoms with Gasteiger partial charge in [0, 0.05) is 5.56 Å². The van der Waals surface area contributed by atoms with E-state index in [-0.39, 0.29) is 5.78 Å². The predicted octanol–water partition coefficient (Wildman–Crippen LogP) is 5.32. The highest BCUT2D eigenvalue weighted by atomic mass is 79.9. The van der Waals surface area contributed by atoms with Crippen LogP contribution in [-0.4, -0.2) is 5.78 Å². The molecule has 1 nitrogen and oxygen atoms in total. The van der Waals surface area contributed by atoms with Gasteiger partial charge in [-0.3, -0.25) is 4.79 Å². The monoisotopic (exact) mass is 334 g/mol.